The van der Waals surface area contributed by atoms with Crippen LogP contribution in [-0.4, -0.2) is 56.3 Å². The molecular formula is C16H24N2O3. The van der Waals surface area contributed by atoms with Crippen molar-refractivity contribution in [2.24, 2.45) is 0 Å². The molecule has 1 N–H and O–H groups in total. The van der Waals surface area contributed by atoms with E-state index >= 15 is 0 Å². The Morgan fingerprint density at radius 3 is 2.67 bits per heavy atom. The number of carbonyl (C=O) groups excluding carboxylic acids is 1. The van der Waals surface area contributed by atoms with Crippen molar-refractivity contribution in [3.8, 4) is 5.75 Å². The van der Waals surface area contributed by atoms with Crippen LogP contribution >= 0.6 is 0 Å². The van der Waals surface area contributed by atoms with E-state index in [9.17, 15) is 4.79 Å². The van der Waals surface area contributed by atoms with E-state index in [1.807, 2.05) is 37.3 Å². The summed E-state index contributed by atoms with van der Waals surface area (Å²) in [4.78, 5) is 14.3. The maximum atomic E-state index is 12.0. The molecule has 0 aromatic heterocycles. The lowest BCUT2D eigenvalue weighted by atomic mass is 10.2. The van der Waals surface area contributed by atoms with Crippen LogP contribution in [0.1, 0.15) is 13.3 Å². The van der Waals surface area contributed by atoms with Gasteiger partial charge in [0.15, 0.2) is 6.10 Å². The van der Waals surface area contributed by atoms with Crippen LogP contribution in [0.2, 0.25) is 0 Å². The van der Waals surface area contributed by atoms with Crippen molar-refractivity contribution in [1.82, 2.24) is 10.2 Å². The zero-order chi connectivity index (χ0) is 14.9. The minimum atomic E-state index is -0.532. The molecule has 1 aliphatic heterocycles. The number of hydrogen-bond donors (Lipinski definition) is 1. The Labute approximate surface area is 126 Å². The van der Waals surface area contributed by atoms with Crippen LogP contribution in [0.3, 0.4) is 0 Å². The zero-order valence-electron chi connectivity index (χ0n) is 12.6. The van der Waals surface area contributed by atoms with Crippen LogP contribution < -0.4 is 10.1 Å². The van der Waals surface area contributed by atoms with E-state index in [1.165, 1.54) is 0 Å². The largest absolute Gasteiger partial charge is 0.479 e. The summed E-state index contributed by atoms with van der Waals surface area (Å²) in [6, 6.07) is 9.38. The summed E-state index contributed by atoms with van der Waals surface area (Å²) >= 11 is 0. The van der Waals surface area contributed by atoms with Crippen molar-refractivity contribution in [2.45, 2.75) is 19.4 Å². The smallest absolute Gasteiger partial charge is 0.347 e. The molecule has 1 aliphatic rings. The molecule has 1 heterocycles. The van der Waals surface area contributed by atoms with Gasteiger partial charge in [-0.2, -0.15) is 0 Å². The third kappa shape index (κ3) is 5.36. The van der Waals surface area contributed by atoms with Crippen LogP contribution in [0.4, 0.5) is 0 Å². The van der Waals surface area contributed by atoms with Gasteiger partial charge in [0.25, 0.3) is 0 Å². The summed E-state index contributed by atoms with van der Waals surface area (Å²) in [5, 5.41) is 3.30. The molecule has 1 fully saturated rings. The second-order valence-electron chi connectivity index (χ2n) is 5.09. The highest BCUT2D eigenvalue weighted by atomic mass is 16.6. The standard InChI is InChI=1S/C16H24N2O3/c1-2-15(21-14-6-4-3-5-7-14)16(19)20-13-12-18-10-8-17-9-11-18/h3-7,15,17H,2,8-13H2,1H3. The van der Waals surface area contributed by atoms with E-state index in [2.05, 4.69) is 10.2 Å². The number of benzene rings is 1. The molecule has 0 saturated carbocycles. The molecule has 1 saturated heterocycles. The Bertz CT molecular complexity index is 419. The first-order valence-electron chi connectivity index (χ1n) is 7.61. The minimum absolute atomic E-state index is 0.281. The fourth-order valence-corrected chi connectivity index (χ4v) is 2.26. The Hall–Kier alpha value is -1.59. The second kappa shape index (κ2) is 8.64. The number of hydrogen-bond acceptors (Lipinski definition) is 5. The monoisotopic (exact) mass is 292 g/mol. The Morgan fingerprint density at radius 2 is 2.00 bits per heavy atom. The zero-order valence-corrected chi connectivity index (χ0v) is 12.6. The van der Waals surface area contributed by atoms with Gasteiger partial charge in [0.05, 0.1) is 0 Å². The van der Waals surface area contributed by atoms with Gasteiger partial charge in [-0.15, -0.1) is 0 Å². The summed E-state index contributed by atoms with van der Waals surface area (Å²) in [7, 11) is 0. The molecule has 0 bridgehead atoms. The molecule has 5 heteroatoms. The normalized spacial score (nSPS) is 17.2. The summed E-state index contributed by atoms with van der Waals surface area (Å²) in [5.74, 6) is 0.417. The molecule has 0 spiro atoms. The molecule has 0 radical (unpaired) electrons. The first-order valence-corrected chi connectivity index (χ1v) is 7.61. The van der Waals surface area contributed by atoms with E-state index in [4.69, 9.17) is 9.47 Å². The van der Waals surface area contributed by atoms with Crippen LogP contribution in [0.5, 0.6) is 5.75 Å². The number of piperazine rings is 1. The lowest BCUT2D eigenvalue weighted by Crippen LogP contribution is -2.45. The van der Waals surface area contributed by atoms with Gasteiger partial charge < -0.3 is 14.8 Å². The Morgan fingerprint density at radius 1 is 1.29 bits per heavy atom. The summed E-state index contributed by atoms with van der Waals surface area (Å²) < 4.78 is 11.0. The summed E-state index contributed by atoms with van der Waals surface area (Å²) in [6.45, 7) is 7.16. The van der Waals surface area contributed by atoms with E-state index in [1.54, 1.807) is 0 Å². The molecule has 1 atom stereocenters. The number of esters is 1. The average molecular weight is 292 g/mol. The second-order valence-corrected chi connectivity index (χ2v) is 5.09. The van der Waals surface area contributed by atoms with Crippen molar-refractivity contribution in [1.29, 1.82) is 0 Å². The van der Waals surface area contributed by atoms with Gasteiger partial charge in [0.1, 0.15) is 12.4 Å². The molecule has 1 aromatic rings. The van der Waals surface area contributed by atoms with Gasteiger partial charge >= 0.3 is 5.97 Å². The van der Waals surface area contributed by atoms with Crippen LogP contribution in [0, 0.1) is 0 Å². The number of rotatable bonds is 7. The molecule has 5 nitrogen and oxygen atoms in total. The Kier molecular flexibility index (Phi) is 6.50. The van der Waals surface area contributed by atoms with Crippen molar-refractivity contribution >= 4 is 5.97 Å². The molecule has 1 unspecified atom stereocenters. The first kappa shape index (κ1) is 15.8. The predicted octanol–water partition coefficient (Wildman–Crippen LogP) is 1.29. The van der Waals surface area contributed by atoms with Gasteiger partial charge in [-0.25, -0.2) is 4.79 Å². The number of ether oxygens (including phenoxy) is 2. The highest BCUT2D eigenvalue weighted by molar-refractivity contribution is 5.75. The van der Waals surface area contributed by atoms with Gasteiger partial charge in [0.2, 0.25) is 0 Å². The maximum absolute atomic E-state index is 12.0. The highest BCUT2D eigenvalue weighted by Gasteiger charge is 2.20. The quantitative estimate of drug-likeness (QED) is 0.768. The van der Waals surface area contributed by atoms with Gasteiger partial charge in [-0.05, 0) is 18.6 Å². The van der Waals surface area contributed by atoms with E-state index < -0.39 is 6.10 Å². The van der Waals surface area contributed by atoms with Crippen molar-refractivity contribution in [2.75, 3.05) is 39.3 Å². The highest BCUT2D eigenvalue weighted by Crippen LogP contribution is 2.13. The van der Waals surface area contributed by atoms with Gasteiger partial charge in [0, 0.05) is 32.7 Å². The molecule has 21 heavy (non-hydrogen) atoms. The molecule has 1 aromatic carbocycles. The third-order valence-corrected chi connectivity index (χ3v) is 3.52. The van der Waals surface area contributed by atoms with Crippen LogP contribution in [0.25, 0.3) is 0 Å². The topological polar surface area (TPSA) is 50.8 Å². The lowest BCUT2D eigenvalue weighted by molar-refractivity contribution is -0.152. The summed E-state index contributed by atoms with van der Waals surface area (Å²) in [6.07, 6.45) is 0.0666. The fraction of sp³-hybridized carbons (Fsp3) is 0.562. The molecule has 0 aliphatic carbocycles. The number of nitrogens with one attached hydrogen (secondary N) is 1. The van der Waals surface area contributed by atoms with E-state index in [0.717, 1.165) is 32.7 Å². The minimum Gasteiger partial charge on any atom is -0.479 e. The predicted molar refractivity (Wildman–Crippen MR) is 81.4 cm³/mol. The van der Waals surface area contributed by atoms with Crippen molar-refractivity contribution in [3.63, 3.8) is 0 Å². The molecule has 116 valence electrons. The number of nitrogens with zero attached hydrogens (tertiary/aromatic N) is 1. The average Bonchev–Trinajstić information content (AvgIpc) is 2.54. The van der Waals surface area contributed by atoms with Crippen LogP contribution in [0.15, 0.2) is 30.3 Å². The fourth-order valence-electron chi connectivity index (χ4n) is 2.26. The molecule has 0 amide bonds. The maximum Gasteiger partial charge on any atom is 0.347 e. The third-order valence-electron chi connectivity index (χ3n) is 3.52. The SMILES string of the molecule is CCC(Oc1ccccc1)C(=O)OCCN1CCNCC1. The van der Waals surface area contributed by atoms with Crippen molar-refractivity contribution < 1.29 is 14.3 Å². The van der Waals surface area contributed by atoms with Crippen LogP contribution in [-0.2, 0) is 9.53 Å². The number of carbonyl (C=O) groups is 1. The molecular weight excluding hydrogens is 268 g/mol. The van der Waals surface area contributed by atoms with E-state index in [0.29, 0.717) is 18.8 Å². The first-order chi connectivity index (χ1) is 10.3. The van der Waals surface area contributed by atoms with Gasteiger partial charge in [-0.3, -0.25) is 4.90 Å². The van der Waals surface area contributed by atoms with Gasteiger partial charge in [-0.1, -0.05) is 25.1 Å². The van der Waals surface area contributed by atoms with E-state index in [-0.39, 0.29) is 5.97 Å². The molecule has 2 rings (SSSR count). The Balaban J connectivity index is 1.72. The summed E-state index contributed by atoms with van der Waals surface area (Å²) in [5.41, 5.74) is 0. The van der Waals surface area contributed by atoms with Crippen molar-refractivity contribution in [3.05, 3.63) is 30.3 Å². The number of para-hydroxylation sites is 1. The lowest BCUT2D eigenvalue weighted by Gasteiger charge is -2.27.